The molecule has 2 aromatic rings. The summed E-state index contributed by atoms with van der Waals surface area (Å²) in [7, 11) is 4.75. The van der Waals surface area contributed by atoms with Crippen molar-refractivity contribution < 1.29 is 19.3 Å². The monoisotopic (exact) mass is 381 g/mol. The van der Waals surface area contributed by atoms with Crippen molar-refractivity contribution in [3.8, 4) is 23.0 Å². The lowest BCUT2D eigenvalue weighted by atomic mass is 10.1. The molecule has 0 aliphatic heterocycles. The van der Waals surface area contributed by atoms with Gasteiger partial charge in [0.15, 0.2) is 23.0 Å². The molecule has 0 aliphatic carbocycles. The summed E-state index contributed by atoms with van der Waals surface area (Å²) in [6, 6.07) is 9.17. The van der Waals surface area contributed by atoms with Crippen molar-refractivity contribution in [3.63, 3.8) is 0 Å². The van der Waals surface area contributed by atoms with E-state index in [0.717, 1.165) is 15.6 Å². The molecule has 2 rings (SSSR count). The van der Waals surface area contributed by atoms with Crippen LogP contribution in [0.2, 0.25) is 0 Å². The SMILES string of the molecule is COc1ccc(CNCc2cc(OC)c(OC)cc2Br)cc1O. The van der Waals surface area contributed by atoms with Gasteiger partial charge in [-0.05, 0) is 35.4 Å². The highest BCUT2D eigenvalue weighted by Gasteiger charge is 2.09. The highest BCUT2D eigenvalue weighted by atomic mass is 79.9. The molecule has 0 aromatic heterocycles. The fourth-order valence-corrected chi connectivity index (χ4v) is 2.68. The molecule has 0 heterocycles. The van der Waals surface area contributed by atoms with Crippen molar-refractivity contribution in [2.24, 2.45) is 0 Å². The van der Waals surface area contributed by atoms with E-state index in [0.29, 0.717) is 30.3 Å². The number of halogens is 1. The molecular formula is C17H20BrNO4. The van der Waals surface area contributed by atoms with Gasteiger partial charge in [0.1, 0.15) is 0 Å². The number of phenols is 1. The molecule has 0 spiro atoms. The van der Waals surface area contributed by atoms with Gasteiger partial charge in [0.05, 0.1) is 21.3 Å². The molecule has 5 nitrogen and oxygen atoms in total. The van der Waals surface area contributed by atoms with Crippen LogP contribution in [-0.4, -0.2) is 26.4 Å². The number of hydrogen-bond donors (Lipinski definition) is 2. The number of ether oxygens (including phenoxy) is 3. The van der Waals surface area contributed by atoms with Gasteiger partial charge in [0.25, 0.3) is 0 Å². The maximum atomic E-state index is 9.79. The summed E-state index contributed by atoms with van der Waals surface area (Å²) in [5, 5.41) is 13.1. The molecule has 0 saturated carbocycles. The number of aromatic hydroxyl groups is 1. The second kappa shape index (κ2) is 8.08. The van der Waals surface area contributed by atoms with Crippen LogP contribution in [0.25, 0.3) is 0 Å². The summed E-state index contributed by atoms with van der Waals surface area (Å²) >= 11 is 3.54. The van der Waals surface area contributed by atoms with Gasteiger partial charge in [-0.25, -0.2) is 0 Å². The number of nitrogens with one attached hydrogen (secondary N) is 1. The Bertz CT molecular complexity index is 676. The summed E-state index contributed by atoms with van der Waals surface area (Å²) < 4.78 is 16.6. The normalized spacial score (nSPS) is 10.4. The Kier molecular flexibility index (Phi) is 6.12. The zero-order valence-electron chi connectivity index (χ0n) is 13.4. The van der Waals surface area contributed by atoms with E-state index >= 15 is 0 Å². The molecule has 0 bridgehead atoms. The lowest BCUT2D eigenvalue weighted by molar-refractivity contribution is 0.354. The smallest absolute Gasteiger partial charge is 0.161 e. The number of methoxy groups -OCH3 is 3. The molecule has 23 heavy (non-hydrogen) atoms. The van der Waals surface area contributed by atoms with Gasteiger partial charge in [-0.2, -0.15) is 0 Å². The van der Waals surface area contributed by atoms with Crippen LogP contribution in [0.1, 0.15) is 11.1 Å². The van der Waals surface area contributed by atoms with Gasteiger partial charge in [0.2, 0.25) is 0 Å². The van der Waals surface area contributed by atoms with Crippen molar-refractivity contribution in [3.05, 3.63) is 45.9 Å². The predicted molar refractivity (Wildman–Crippen MR) is 92.4 cm³/mol. The Labute approximate surface area is 144 Å². The maximum absolute atomic E-state index is 9.79. The van der Waals surface area contributed by atoms with Gasteiger partial charge in [0, 0.05) is 17.6 Å². The topological polar surface area (TPSA) is 60.0 Å². The first kappa shape index (κ1) is 17.4. The standard InChI is InChI=1S/C17H20BrNO4/c1-21-15-5-4-11(6-14(15)20)9-19-10-12-7-16(22-2)17(23-3)8-13(12)18/h4-8,19-20H,9-10H2,1-3H3. The van der Waals surface area contributed by atoms with E-state index in [9.17, 15) is 5.11 Å². The lowest BCUT2D eigenvalue weighted by Gasteiger charge is -2.13. The highest BCUT2D eigenvalue weighted by Crippen LogP contribution is 2.33. The molecule has 0 atom stereocenters. The second-order valence-corrected chi connectivity index (χ2v) is 5.76. The number of rotatable bonds is 7. The molecule has 2 aromatic carbocycles. The summed E-state index contributed by atoms with van der Waals surface area (Å²) in [6.45, 7) is 1.27. The Morgan fingerprint density at radius 2 is 1.57 bits per heavy atom. The summed E-state index contributed by atoms with van der Waals surface area (Å²) in [5.41, 5.74) is 2.03. The van der Waals surface area contributed by atoms with Crippen molar-refractivity contribution in [1.29, 1.82) is 0 Å². The van der Waals surface area contributed by atoms with Gasteiger partial charge in [-0.15, -0.1) is 0 Å². The van der Waals surface area contributed by atoms with Crippen LogP contribution in [0.5, 0.6) is 23.0 Å². The van der Waals surface area contributed by atoms with Crippen molar-refractivity contribution in [1.82, 2.24) is 5.32 Å². The first-order valence-electron chi connectivity index (χ1n) is 7.06. The van der Waals surface area contributed by atoms with E-state index in [1.807, 2.05) is 18.2 Å². The molecule has 6 heteroatoms. The zero-order valence-corrected chi connectivity index (χ0v) is 14.9. The molecule has 0 radical (unpaired) electrons. The molecule has 0 unspecified atom stereocenters. The summed E-state index contributed by atoms with van der Waals surface area (Å²) in [5.74, 6) is 1.98. The average molecular weight is 382 g/mol. The number of phenolic OH excluding ortho intramolecular Hbond substituents is 1. The second-order valence-electron chi connectivity index (χ2n) is 4.91. The Morgan fingerprint density at radius 3 is 2.17 bits per heavy atom. The van der Waals surface area contributed by atoms with Gasteiger partial charge < -0.3 is 24.6 Å². The van der Waals surface area contributed by atoms with E-state index in [-0.39, 0.29) is 5.75 Å². The van der Waals surface area contributed by atoms with Crippen LogP contribution >= 0.6 is 15.9 Å². The average Bonchev–Trinajstić information content (AvgIpc) is 2.56. The van der Waals surface area contributed by atoms with Crippen LogP contribution in [-0.2, 0) is 13.1 Å². The van der Waals surface area contributed by atoms with E-state index in [4.69, 9.17) is 14.2 Å². The van der Waals surface area contributed by atoms with E-state index < -0.39 is 0 Å². The van der Waals surface area contributed by atoms with E-state index in [2.05, 4.69) is 21.2 Å². The number of hydrogen-bond acceptors (Lipinski definition) is 5. The molecule has 0 aliphatic rings. The Balaban J connectivity index is 2.02. The summed E-state index contributed by atoms with van der Waals surface area (Å²) in [6.07, 6.45) is 0. The van der Waals surface area contributed by atoms with Crippen LogP contribution in [0, 0.1) is 0 Å². The first-order chi connectivity index (χ1) is 11.1. The minimum atomic E-state index is 0.138. The minimum Gasteiger partial charge on any atom is -0.504 e. The largest absolute Gasteiger partial charge is 0.504 e. The van der Waals surface area contributed by atoms with E-state index in [1.54, 1.807) is 26.4 Å². The van der Waals surface area contributed by atoms with Gasteiger partial charge >= 0.3 is 0 Å². The van der Waals surface area contributed by atoms with Crippen molar-refractivity contribution in [2.45, 2.75) is 13.1 Å². The van der Waals surface area contributed by atoms with Crippen LogP contribution in [0.4, 0.5) is 0 Å². The molecule has 124 valence electrons. The predicted octanol–water partition coefficient (Wildman–Crippen LogP) is 3.47. The number of benzene rings is 2. The van der Waals surface area contributed by atoms with Crippen LogP contribution in [0.3, 0.4) is 0 Å². The highest BCUT2D eigenvalue weighted by molar-refractivity contribution is 9.10. The minimum absolute atomic E-state index is 0.138. The third kappa shape index (κ3) is 4.30. The molecule has 0 amide bonds. The van der Waals surface area contributed by atoms with Crippen molar-refractivity contribution in [2.75, 3.05) is 21.3 Å². The maximum Gasteiger partial charge on any atom is 0.161 e. The third-order valence-corrected chi connectivity index (χ3v) is 4.18. The molecule has 0 saturated heterocycles. The van der Waals surface area contributed by atoms with Crippen LogP contribution in [0.15, 0.2) is 34.8 Å². The molecule has 0 fully saturated rings. The Morgan fingerprint density at radius 1 is 0.913 bits per heavy atom. The fourth-order valence-electron chi connectivity index (χ4n) is 2.22. The van der Waals surface area contributed by atoms with Gasteiger partial charge in [-0.1, -0.05) is 22.0 Å². The Hall–Kier alpha value is -1.92. The van der Waals surface area contributed by atoms with Crippen molar-refractivity contribution >= 4 is 15.9 Å². The third-order valence-electron chi connectivity index (χ3n) is 3.44. The molecule has 2 N–H and O–H groups in total. The summed E-state index contributed by atoms with van der Waals surface area (Å²) in [4.78, 5) is 0. The van der Waals surface area contributed by atoms with Crippen LogP contribution < -0.4 is 19.5 Å². The first-order valence-corrected chi connectivity index (χ1v) is 7.85. The van der Waals surface area contributed by atoms with E-state index in [1.165, 1.54) is 7.11 Å². The zero-order chi connectivity index (χ0) is 16.8. The molecular weight excluding hydrogens is 362 g/mol. The fraction of sp³-hybridized carbons (Fsp3) is 0.294. The lowest BCUT2D eigenvalue weighted by Crippen LogP contribution is -2.13. The quantitative estimate of drug-likeness (QED) is 0.768. The van der Waals surface area contributed by atoms with Gasteiger partial charge in [-0.3, -0.25) is 0 Å².